The second-order valence-corrected chi connectivity index (χ2v) is 7.98. The van der Waals surface area contributed by atoms with Crippen LogP contribution in [-0.2, 0) is 6.18 Å². The molecule has 0 saturated heterocycles. The maximum atomic E-state index is 13.2. The van der Waals surface area contributed by atoms with Gasteiger partial charge in [-0.2, -0.15) is 13.2 Å². The number of benzene rings is 2. The molecule has 0 bridgehead atoms. The Bertz CT molecular complexity index is 855. The number of carbonyl (C=O) groups excluding carboxylic acids is 1. The Hall–Kier alpha value is -1.88. The number of nitrogens with one attached hydrogen (secondary N) is 2. The van der Waals surface area contributed by atoms with Gasteiger partial charge in [-0.15, -0.1) is 0 Å². The first-order chi connectivity index (χ1) is 13.1. The van der Waals surface area contributed by atoms with Crippen molar-refractivity contribution in [2.24, 2.45) is 5.92 Å². The van der Waals surface area contributed by atoms with Crippen molar-refractivity contribution in [1.82, 2.24) is 5.32 Å². The number of alkyl halides is 3. The van der Waals surface area contributed by atoms with E-state index in [2.05, 4.69) is 10.6 Å². The van der Waals surface area contributed by atoms with Crippen LogP contribution in [0.4, 0.5) is 18.9 Å². The second-order valence-electron chi connectivity index (χ2n) is 6.33. The minimum absolute atomic E-state index is 0.225. The van der Waals surface area contributed by atoms with Gasteiger partial charge in [0.25, 0.3) is 5.91 Å². The van der Waals surface area contributed by atoms with Crippen LogP contribution in [0, 0.1) is 9.49 Å². The number of carbonyl (C=O) groups is 1. The monoisotopic (exact) mass is 522 g/mol. The van der Waals surface area contributed by atoms with E-state index >= 15 is 0 Å². The number of rotatable bonds is 5. The topological polar surface area (TPSA) is 50.4 Å². The number of hydrogen-bond acceptors (Lipinski definition) is 3. The van der Waals surface area contributed by atoms with Crippen LogP contribution in [0.15, 0.2) is 42.5 Å². The van der Waals surface area contributed by atoms with Gasteiger partial charge in [-0.05, 0) is 83.2 Å². The summed E-state index contributed by atoms with van der Waals surface area (Å²) in [5.74, 6) is 0.459. The lowest BCUT2D eigenvalue weighted by Gasteiger charge is -2.16. The van der Waals surface area contributed by atoms with E-state index < -0.39 is 17.6 Å². The van der Waals surface area contributed by atoms with Crippen LogP contribution in [0.3, 0.4) is 0 Å². The molecule has 0 aliphatic heterocycles. The van der Waals surface area contributed by atoms with Crippen molar-refractivity contribution >= 4 is 51.5 Å². The third-order valence-electron chi connectivity index (χ3n) is 3.46. The molecule has 1 amide bonds. The maximum Gasteiger partial charge on any atom is 0.418 e. The highest BCUT2D eigenvalue weighted by molar-refractivity contribution is 14.1. The third-order valence-corrected chi connectivity index (χ3v) is 4.34. The van der Waals surface area contributed by atoms with E-state index in [0.717, 1.165) is 6.07 Å². The highest BCUT2D eigenvalue weighted by Crippen LogP contribution is 2.35. The van der Waals surface area contributed by atoms with Gasteiger partial charge in [0.15, 0.2) is 5.11 Å². The molecule has 2 rings (SSSR count). The molecule has 0 fully saturated rings. The number of hydrogen-bond donors (Lipinski definition) is 2. The molecule has 2 aromatic carbocycles. The Morgan fingerprint density at radius 3 is 2.39 bits per heavy atom. The van der Waals surface area contributed by atoms with Crippen molar-refractivity contribution in [3.8, 4) is 5.75 Å². The fraction of sp³-hybridized carbons (Fsp3) is 0.263. The fourth-order valence-corrected chi connectivity index (χ4v) is 2.85. The van der Waals surface area contributed by atoms with Crippen molar-refractivity contribution in [2.45, 2.75) is 20.0 Å². The first-order valence-corrected chi connectivity index (χ1v) is 9.77. The van der Waals surface area contributed by atoms with Crippen LogP contribution in [0.5, 0.6) is 5.75 Å². The molecular formula is C19H18F3IN2O2S. The zero-order chi connectivity index (χ0) is 20.9. The molecule has 2 aromatic rings. The molecule has 0 aromatic heterocycles. The lowest BCUT2D eigenvalue weighted by atomic mass is 10.1. The minimum atomic E-state index is -4.55. The molecule has 0 atom stereocenters. The van der Waals surface area contributed by atoms with Gasteiger partial charge in [0, 0.05) is 9.13 Å². The lowest BCUT2D eigenvalue weighted by molar-refractivity contribution is -0.137. The van der Waals surface area contributed by atoms with Gasteiger partial charge >= 0.3 is 6.18 Å². The van der Waals surface area contributed by atoms with Gasteiger partial charge in [-0.3, -0.25) is 10.1 Å². The number of thiocarbonyl (C=S) groups is 1. The standard InChI is InChI=1S/C19H18F3IN2O2S/c1-11(2)10-27-14-6-3-12(4-7-14)17(26)25-18(28)24-16-8-5-13(23)9-15(16)19(20,21)22/h3-9,11H,10H2,1-2H3,(H2,24,25,26,28). The molecule has 0 aliphatic carbocycles. The number of halogens is 4. The maximum absolute atomic E-state index is 13.2. The van der Waals surface area contributed by atoms with Crippen LogP contribution < -0.4 is 15.4 Å². The molecule has 9 heteroatoms. The molecule has 28 heavy (non-hydrogen) atoms. The van der Waals surface area contributed by atoms with Gasteiger partial charge in [0.2, 0.25) is 0 Å². The highest BCUT2D eigenvalue weighted by atomic mass is 127. The Kier molecular flexibility index (Phi) is 7.64. The molecule has 0 unspecified atom stereocenters. The van der Waals surface area contributed by atoms with Crippen LogP contribution in [0.1, 0.15) is 29.8 Å². The van der Waals surface area contributed by atoms with Crippen molar-refractivity contribution in [3.05, 3.63) is 57.2 Å². The summed E-state index contributed by atoms with van der Waals surface area (Å²) >= 11 is 6.78. The molecule has 0 radical (unpaired) electrons. The summed E-state index contributed by atoms with van der Waals surface area (Å²) < 4.78 is 45.5. The SMILES string of the molecule is CC(C)COc1ccc(C(=O)NC(=S)Nc2ccc(I)cc2C(F)(F)F)cc1. The van der Waals surface area contributed by atoms with E-state index in [4.69, 9.17) is 17.0 Å². The summed E-state index contributed by atoms with van der Waals surface area (Å²) in [5.41, 5.74) is -0.780. The average Bonchev–Trinajstić information content (AvgIpc) is 2.61. The van der Waals surface area contributed by atoms with Crippen molar-refractivity contribution < 1.29 is 22.7 Å². The van der Waals surface area contributed by atoms with Crippen LogP contribution in [-0.4, -0.2) is 17.6 Å². The van der Waals surface area contributed by atoms with Crippen molar-refractivity contribution in [3.63, 3.8) is 0 Å². The van der Waals surface area contributed by atoms with Crippen molar-refractivity contribution in [2.75, 3.05) is 11.9 Å². The Morgan fingerprint density at radius 2 is 1.82 bits per heavy atom. The summed E-state index contributed by atoms with van der Waals surface area (Å²) in [5, 5.41) is 4.59. The summed E-state index contributed by atoms with van der Waals surface area (Å²) in [6, 6.07) is 10.2. The van der Waals surface area contributed by atoms with Gasteiger partial charge in [-0.25, -0.2) is 0 Å². The van der Waals surface area contributed by atoms with E-state index in [0.29, 0.717) is 27.4 Å². The first kappa shape index (κ1) is 22.4. The Balaban J connectivity index is 2.03. The lowest BCUT2D eigenvalue weighted by Crippen LogP contribution is -2.34. The first-order valence-electron chi connectivity index (χ1n) is 8.28. The summed E-state index contributed by atoms with van der Waals surface area (Å²) in [4.78, 5) is 12.3. The second kappa shape index (κ2) is 9.55. The van der Waals surface area contributed by atoms with E-state index in [-0.39, 0.29) is 10.8 Å². The largest absolute Gasteiger partial charge is 0.493 e. The number of ether oxygens (including phenoxy) is 1. The smallest absolute Gasteiger partial charge is 0.418 e. The molecular weight excluding hydrogens is 504 g/mol. The predicted molar refractivity (Wildman–Crippen MR) is 115 cm³/mol. The third kappa shape index (κ3) is 6.62. The fourth-order valence-electron chi connectivity index (χ4n) is 2.15. The van der Waals surface area contributed by atoms with E-state index in [1.54, 1.807) is 46.9 Å². The van der Waals surface area contributed by atoms with Crippen LogP contribution >= 0.6 is 34.8 Å². The summed E-state index contributed by atoms with van der Waals surface area (Å²) in [7, 11) is 0. The zero-order valence-electron chi connectivity index (χ0n) is 15.1. The molecule has 0 spiro atoms. The quantitative estimate of drug-likeness (QED) is 0.404. The minimum Gasteiger partial charge on any atom is -0.493 e. The van der Waals surface area contributed by atoms with E-state index in [1.165, 1.54) is 12.1 Å². The van der Waals surface area contributed by atoms with Gasteiger partial charge in [-0.1, -0.05) is 13.8 Å². The van der Waals surface area contributed by atoms with Gasteiger partial charge in [0.1, 0.15) is 5.75 Å². The normalized spacial score (nSPS) is 11.2. The van der Waals surface area contributed by atoms with Gasteiger partial charge in [0.05, 0.1) is 17.9 Å². The molecule has 150 valence electrons. The molecule has 0 aliphatic rings. The van der Waals surface area contributed by atoms with E-state index in [9.17, 15) is 18.0 Å². The molecule has 0 saturated carbocycles. The van der Waals surface area contributed by atoms with Crippen molar-refractivity contribution in [1.29, 1.82) is 0 Å². The number of anilines is 1. The Morgan fingerprint density at radius 1 is 1.18 bits per heavy atom. The van der Waals surface area contributed by atoms with Crippen LogP contribution in [0.2, 0.25) is 0 Å². The highest BCUT2D eigenvalue weighted by Gasteiger charge is 2.34. The summed E-state index contributed by atoms with van der Waals surface area (Å²) in [6.07, 6.45) is -4.55. The van der Waals surface area contributed by atoms with E-state index in [1.807, 2.05) is 13.8 Å². The molecule has 0 heterocycles. The number of amides is 1. The zero-order valence-corrected chi connectivity index (χ0v) is 18.0. The molecule has 2 N–H and O–H groups in total. The predicted octanol–water partition coefficient (Wildman–Crippen LogP) is 5.47. The Labute approximate surface area is 180 Å². The van der Waals surface area contributed by atoms with Crippen LogP contribution in [0.25, 0.3) is 0 Å². The van der Waals surface area contributed by atoms with Gasteiger partial charge < -0.3 is 10.1 Å². The molecule has 4 nitrogen and oxygen atoms in total. The summed E-state index contributed by atoms with van der Waals surface area (Å²) in [6.45, 7) is 4.60. The average molecular weight is 522 g/mol.